The Labute approximate surface area is 107 Å². The van der Waals surface area contributed by atoms with Crippen LogP contribution in [0.4, 0.5) is 0 Å². The summed E-state index contributed by atoms with van der Waals surface area (Å²) in [5, 5.41) is 9.22. The van der Waals surface area contributed by atoms with Gasteiger partial charge in [-0.3, -0.25) is 0 Å². The zero-order chi connectivity index (χ0) is 13.2. The number of sulfonamides is 1. The van der Waals surface area contributed by atoms with Crippen molar-refractivity contribution in [3.8, 4) is 0 Å². The van der Waals surface area contributed by atoms with Gasteiger partial charge in [0.25, 0.3) is 0 Å². The molecule has 3 N–H and O–H groups in total. The number of hydrogen-bond acceptors (Lipinski definition) is 4. The largest absolute Gasteiger partial charge is 0.395 e. The Morgan fingerprint density at radius 1 is 1.44 bits per heavy atom. The van der Waals surface area contributed by atoms with Crippen molar-refractivity contribution in [2.45, 2.75) is 30.3 Å². The van der Waals surface area contributed by atoms with Crippen LogP contribution in [0.1, 0.15) is 18.4 Å². The fourth-order valence-electron chi connectivity index (χ4n) is 2.28. The van der Waals surface area contributed by atoms with E-state index in [0.29, 0.717) is 19.5 Å². The van der Waals surface area contributed by atoms with Gasteiger partial charge in [0.05, 0.1) is 11.5 Å². The Morgan fingerprint density at radius 3 is 2.89 bits per heavy atom. The SMILES string of the molecule is NCc1cccc(S(=O)(=O)N2CCCC2CO)c1. The van der Waals surface area contributed by atoms with Gasteiger partial charge in [0.15, 0.2) is 0 Å². The molecule has 0 saturated carbocycles. The third-order valence-corrected chi connectivity index (χ3v) is 5.22. The predicted molar refractivity (Wildman–Crippen MR) is 68.3 cm³/mol. The van der Waals surface area contributed by atoms with Crippen LogP contribution in [-0.4, -0.2) is 37.0 Å². The maximum absolute atomic E-state index is 12.4. The highest BCUT2D eigenvalue weighted by Gasteiger charge is 2.34. The van der Waals surface area contributed by atoms with E-state index in [9.17, 15) is 13.5 Å². The molecule has 100 valence electrons. The topological polar surface area (TPSA) is 83.6 Å². The second-order valence-electron chi connectivity index (χ2n) is 4.45. The Kier molecular flexibility index (Phi) is 4.01. The van der Waals surface area contributed by atoms with Crippen LogP contribution >= 0.6 is 0 Å². The first-order valence-electron chi connectivity index (χ1n) is 6.01. The van der Waals surface area contributed by atoms with Gasteiger partial charge in [-0.2, -0.15) is 4.31 Å². The molecule has 1 heterocycles. The molecule has 0 spiro atoms. The predicted octanol–water partition coefficient (Wildman–Crippen LogP) is 0.291. The van der Waals surface area contributed by atoms with Crippen LogP contribution in [0.5, 0.6) is 0 Å². The minimum Gasteiger partial charge on any atom is -0.395 e. The average Bonchev–Trinajstić information content (AvgIpc) is 2.88. The maximum atomic E-state index is 12.4. The highest BCUT2D eigenvalue weighted by Crippen LogP contribution is 2.26. The van der Waals surface area contributed by atoms with Crippen molar-refractivity contribution in [3.63, 3.8) is 0 Å². The van der Waals surface area contributed by atoms with Gasteiger partial charge in [0.2, 0.25) is 10.0 Å². The van der Waals surface area contributed by atoms with Gasteiger partial charge in [-0.05, 0) is 30.5 Å². The first-order valence-corrected chi connectivity index (χ1v) is 7.45. The van der Waals surface area contributed by atoms with Crippen LogP contribution in [0.2, 0.25) is 0 Å². The Balaban J connectivity index is 2.35. The van der Waals surface area contributed by atoms with E-state index in [4.69, 9.17) is 5.73 Å². The average molecular weight is 270 g/mol. The zero-order valence-corrected chi connectivity index (χ0v) is 10.9. The van der Waals surface area contributed by atoms with Crippen molar-refractivity contribution in [2.75, 3.05) is 13.2 Å². The van der Waals surface area contributed by atoms with Crippen molar-refractivity contribution in [1.82, 2.24) is 4.31 Å². The van der Waals surface area contributed by atoms with Crippen molar-refractivity contribution >= 4 is 10.0 Å². The Morgan fingerprint density at radius 2 is 2.22 bits per heavy atom. The van der Waals surface area contributed by atoms with Crippen LogP contribution in [0.25, 0.3) is 0 Å². The molecule has 6 heteroatoms. The van der Waals surface area contributed by atoms with Crippen molar-refractivity contribution in [1.29, 1.82) is 0 Å². The lowest BCUT2D eigenvalue weighted by Gasteiger charge is -2.22. The van der Waals surface area contributed by atoms with Crippen LogP contribution in [-0.2, 0) is 16.6 Å². The lowest BCUT2D eigenvalue weighted by Crippen LogP contribution is -2.37. The standard InChI is InChI=1S/C12H18N2O3S/c13-8-10-3-1-5-12(7-10)18(16,17)14-6-2-4-11(14)9-15/h1,3,5,7,11,15H,2,4,6,8-9,13H2. The molecule has 5 nitrogen and oxygen atoms in total. The Bertz CT molecular complexity index is 516. The van der Waals surface area contributed by atoms with Crippen molar-refractivity contribution in [3.05, 3.63) is 29.8 Å². The molecule has 1 aliphatic rings. The third-order valence-electron chi connectivity index (χ3n) is 3.27. The first-order chi connectivity index (χ1) is 8.59. The van der Waals surface area contributed by atoms with E-state index in [1.54, 1.807) is 24.3 Å². The van der Waals surface area contributed by atoms with E-state index in [1.807, 2.05) is 0 Å². The lowest BCUT2D eigenvalue weighted by molar-refractivity contribution is 0.213. The molecule has 0 bridgehead atoms. The quantitative estimate of drug-likeness (QED) is 0.823. The number of aliphatic hydroxyl groups is 1. The molecule has 1 saturated heterocycles. The minimum atomic E-state index is -3.51. The molecule has 1 aliphatic heterocycles. The normalized spacial score (nSPS) is 21.3. The van der Waals surface area contributed by atoms with E-state index in [0.717, 1.165) is 12.0 Å². The number of benzene rings is 1. The number of nitrogens with zero attached hydrogens (tertiary/aromatic N) is 1. The molecule has 1 aromatic rings. The minimum absolute atomic E-state index is 0.129. The second kappa shape index (κ2) is 5.36. The second-order valence-corrected chi connectivity index (χ2v) is 6.34. The highest BCUT2D eigenvalue weighted by molar-refractivity contribution is 7.89. The molecule has 2 rings (SSSR count). The summed E-state index contributed by atoms with van der Waals surface area (Å²) in [5.41, 5.74) is 6.31. The van der Waals surface area contributed by atoms with Gasteiger partial charge in [-0.1, -0.05) is 12.1 Å². The lowest BCUT2D eigenvalue weighted by atomic mass is 10.2. The van der Waals surface area contributed by atoms with Gasteiger partial charge in [0, 0.05) is 19.1 Å². The summed E-state index contributed by atoms with van der Waals surface area (Å²) in [7, 11) is -3.51. The third kappa shape index (κ3) is 2.42. The number of hydrogen-bond donors (Lipinski definition) is 2. The molecule has 18 heavy (non-hydrogen) atoms. The van der Waals surface area contributed by atoms with E-state index in [-0.39, 0.29) is 17.5 Å². The fraction of sp³-hybridized carbons (Fsp3) is 0.500. The summed E-state index contributed by atoms with van der Waals surface area (Å²) >= 11 is 0. The van der Waals surface area contributed by atoms with Crippen molar-refractivity contribution < 1.29 is 13.5 Å². The first kappa shape index (κ1) is 13.5. The van der Waals surface area contributed by atoms with Crippen LogP contribution < -0.4 is 5.73 Å². The molecule has 0 aliphatic carbocycles. The van der Waals surface area contributed by atoms with E-state index >= 15 is 0 Å². The van der Waals surface area contributed by atoms with Gasteiger partial charge < -0.3 is 10.8 Å². The molecule has 1 unspecified atom stereocenters. The van der Waals surface area contributed by atoms with E-state index < -0.39 is 10.0 Å². The molecule has 0 amide bonds. The van der Waals surface area contributed by atoms with Gasteiger partial charge >= 0.3 is 0 Å². The van der Waals surface area contributed by atoms with Gasteiger partial charge in [-0.25, -0.2) is 8.42 Å². The smallest absolute Gasteiger partial charge is 0.243 e. The zero-order valence-electron chi connectivity index (χ0n) is 10.1. The van der Waals surface area contributed by atoms with Gasteiger partial charge in [0.1, 0.15) is 0 Å². The molecule has 1 atom stereocenters. The van der Waals surface area contributed by atoms with Crippen LogP contribution in [0.15, 0.2) is 29.2 Å². The number of rotatable bonds is 4. The highest BCUT2D eigenvalue weighted by atomic mass is 32.2. The van der Waals surface area contributed by atoms with Crippen LogP contribution in [0.3, 0.4) is 0 Å². The Hall–Kier alpha value is -0.950. The summed E-state index contributed by atoms with van der Waals surface area (Å²) in [5.74, 6) is 0. The summed E-state index contributed by atoms with van der Waals surface area (Å²) in [6, 6.07) is 6.37. The summed E-state index contributed by atoms with van der Waals surface area (Å²) in [6.45, 7) is 0.656. The molecule has 0 radical (unpaired) electrons. The number of aliphatic hydroxyl groups excluding tert-OH is 1. The fourth-order valence-corrected chi connectivity index (χ4v) is 4.03. The van der Waals surface area contributed by atoms with E-state index in [1.165, 1.54) is 4.31 Å². The summed E-state index contributed by atoms with van der Waals surface area (Å²) < 4.78 is 26.3. The number of nitrogens with two attached hydrogens (primary N) is 1. The molecular formula is C12H18N2O3S. The van der Waals surface area contributed by atoms with E-state index in [2.05, 4.69) is 0 Å². The molecule has 1 fully saturated rings. The molecule has 1 aromatic carbocycles. The molecular weight excluding hydrogens is 252 g/mol. The van der Waals surface area contributed by atoms with Crippen LogP contribution in [0, 0.1) is 0 Å². The maximum Gasteiger partial charge on any atom is 0.243 e. The summed E-state index contributed by atoms with van der Waals surface area (Å²) in [4.78, 5) is 0.255. The van der Waals surface area contributed by atoms with Crippen molar-refractivity contribution in [2.24, 2.45) is 5.73 Å². The monoisotopic (exact) mass is 270 g/mol. The summed E-state index contributed by atoms with van der Waals surface area (Å²) in [6.07, 6.45) is 1.51. The van der Waals surface area contributed by atoms with Gasteiger partial charge in [-0.15, -0.1) is 0 Å². The molecule has 0 aromatic heterocycles.